The minimum atomic E-state index is -0.787. The topological polar surface area (TPSA) is 78.9 Å². The molecular formula is C71H126O6. The van der Waals surface area contributed by atoms with E-state index in [0.29, 0.717) is 19.3 Å². The molecule has 0 fully saturated rings. The fourth-order valence-electron chi connectivity index (χ4n) is 9.70. The Morgan fingerprint density at radius 2 is 0.506 bits per heavy atom. The van der Waals surface area contributed by atoms with Crippen LogP contribution in [0, 0.1) is 0 Å². The number of ether oxygens (including phenoxy) is 3. The van der Waals surface area contributed by atoms with Crippen molar-refractivity contribution in [3.63, 3.8) is 0 Å². The summed E-state index contributed by atoms with van der Waals surface area (Å²) in [6, 6.07) is 0. The van der Waals surface area contributed by atoms with Crippen molar-refractivity contribution in [3.8, 4) is 0 Å². The van der Waals surface area contributed by atoms with E-state index in [1.807, 2.05) is 0 Å². The van der Waals surface area contributed by atoms with Gasteiger partial charge >= 0.3 is 17.9 Å². The van der Waals surface area contributed by atoms with Crippen LogP contribution in [0.5, 0.6) is 0 Å². The van der Waals surface area contributed by atoms with Gasteiger partial charge in [0.05, 0.1) is 0 Å². The lowest BCUT2D eigenvalue weighted by molar-refractivity contribution is -0.167. The number of carbonyl (C=O) groups is 3. The van der Waals surface area contributed by atoms with Crippen LogP contribution in [0.3, 0.4) is 0 Å². The minimum Gasteiger partial charge on any atom is -0.462 e. The quantitative estimate of drug-likeness (QED) is 0.0261. The van der Waals surface area contributed by atoms with Crippen LogP contribution < -0.4 is 0 Å². The molecule has 1 unspecified atom stereocenters. The van der Waals surface area contributed by atoms with Crippen molar-refractivity contribution < 1.29 is 28.6 Å². The van der Waals surface area contributed by atoms with Gasteiger partial charge in [-0.25, -0.2) is 0 Å². The predicted octanol–water partition coefficient (Wildman–Crippen LogP) is 22.9. The van der Waals surface area contributed by atoms with Gasteiger partial charge in [0.2, 0.25) is 0 Å². The van der Waals surface area contributed by atoms with E-state index in [4.69, 9.17) is 14.2 Å². The van der Waals surface area contributed by atoms with Crippen molar-refractivity contribution in [2.45, 2.75) is 348 Å². The van der Waals surface area contributed by atoms with Crippen LogP contribution in [0.1, 0.15) is 342 Å². The van der Waals surface area contributed by atoms with Gasteiger partial charge in [-0.3, -0.25) is 14.4 Å². The second-order valence-corrected chi connectivity index (χ2v) is 22.4. The Bertz CT molecular complexity index is 1420. The number of unbranched alkanes of at least 4 members (excludes halogenated alkanes) is 38. The molecule has 0 rings (SSSR count). The smallest absolute Gasteiger partial charge is 0.306 e. The number of carbonyl (C=O) groups excluding carboxylic acids is 3. The summed E-state index contributed by atoms with van der Waals surface area (Å²) in [5, 5.41) is 0. The molecule has 0 aromatic rings. The molecule has 0 bridgehead atoms. The monoisotopic (exact) mass is 1070 g/mol. The van der Waals surface area contributed by atoms with Gasteiger partial charge in [-0.15, -0.1) is 0 Å². The molecule has 0 aliphatic heterocycles. The van der Waals surface area contributed by atoms with Crippen molar-refractivity contribution in [2.75, 3.05) is 13.2 Å². The first-order valence-electron chi connectivity index (χ1n) is 33.4. The highest BCUT2D eigenvalue weighted by Gasteiger charge is 2.19. The summed E-state index contributed by atoms with van der Waals surface area (Å²) in [7, 11) is 0. The maximum absolute atomic E-state index is 12.9. The Morgan fingerprint density at radius 1 is 0.273 bits per heavy atom. The highest BCUT2D eigenvalue weighted by atomic mass is 16.6. The van der Waals surface area contributed by atoms with Crippen LogP contribution >= 0.6 is 0 Å². The third-order valence-corrected chi connectivity index (χ3v) is 14.7. The van der Waals surface area contributed by atoms with E-state index in [1.165, 1.54) is 193 Å². The molecule has 6 heteroatoms. The lowest BCUT2D eigenvalue weighted by Gasteiger charge is -2.18. The lowest BCUT2D eigenvalue weighted by atomic mass is 10.0. The van der Waals surface area contributed by atoms with Crippen LogP contribution in [-0.4, -0.2) is 37.2 Å². The van der Waals surface area contributed by atoms with Gasteiger partial charge in [0, 0.05) is 19.3 Å². The van der Waals surface area contributed by atoms with Crippen molar-refractivity contribution in [1.82, 2.24) is 0 Å². The van der Waals surface area contributed by atoms with Gasteiger partial charge in [-0.05, 0) is 89.9 Å². The van der Waals surface area contributed by atoms with Crippen molar-refractivity contribution >= 4 is 17.9 Å². The summed E-state index contributed by atoms with van der Waals surface area (Å²) in [6.07, 6.45) is 84.8. The Labute approximate surface area is 478 Å². The number of allylic oxidation sites excluding steroid dienone is 12. The second kappa shape index (κ2) is 65.4. The molecule has 0 N–H and O–H groups in total. The van der Waals surface area contributed by atoms with Crippen LogP contribution in [0.2, 0.25) is 0 Å². The van der Waals surface area contributed by atoms with E-state index in [2.05, 4.69) is 93.7 Å². The molecule has 0 aliphatic carbocycles. The Hall–Kier alpha value is -3.15. The number of hydrogen-bond donors (Lipinski definition) is 0. The highest BCUT2D eigenvalue weighted by Crippen LogP contribution is 2.17. The molecule has 0 amide bonds. The molecule has 0 aliphatic rings. The summed E-state index contributed by atoms with van der Waals surface area (Å²) in [4.78, 5) is 38.4. The molecule has 0 radical (unpaired) electrons. The van der Waals surface area contributed by atoms with Gasteiger partial charge in [0.1, 0.15) is 13.2 Å². The van der Waals surface area contributed by atoms with E-state index in [0.717, 1.165) is 109 Å². The normalized spacial score (nSPS) is 12.5. The number of rotatable bonds is 61. The summed E-state index contributed by atoms with van der Waals surface area (Å²) in [5.41, 5.74) is 0. The Kier molecular flexibility index (Phi) is 62.7. The van der Waals surface area contributed by atoms with Crippen LogP contribution in [0.4, 0.5) is 0 Å². The summed E-state index contributed by atoms with van der Waals surface area (Å²) in [6.45, 7) is 6.54. The van der Waals surface area contributed by atoms with Gasteiger partial charge in [0.25, 0.3) is 0 Å². The van der Waals surface area contributed by atoms with Crippen molar-refractivity contribution in [1.29, 1.82) is 0 Å². The average Bonchev–Trinajstić information content (AvgIpc) is 3.43. The van der Waals surface area contributed by atoms with Crippen LogP contribution in [0.15, 0.2) is 72.9 Å². The molecule has 0 spiro atoms. The van der Waals surface area contributed by atoms with E-state index in [9.17, 15) is 14.4 Å². The summed E-state index contributed by atoms with van der Waals surface area (Å²) >= 11 is 0. The van der Waals surface area contributed by atoms with E-state index in [-0.39, 0.29) is 31.1 Å². The van der Waals surface area contributed by atoms with Gasteiger partial charge in [-0.2, -0.15) is 0 Å². The van der Waals surface area contributed by atoms with Gasteiger partial charge in [0.15, 0.2) is 6.10 Å². The van der Waals surface area contributed by atoms with E-state index in [1.54, 1.807) is 0 Å². The van der Waals surface area contributed by atoms with Crippen molar-refractivity contribution in [2.24, 2.45) is 0 Å². The zero-order valence-corrected chi connectivity index (χ0v) is 51.2. The minimum absolute atomic E-state index is 0.0809. The lowest BCUT2D eigenvalue weighted by Crippen LogP contribution is -2.30. The Balaban J connectivity index is 4.35. The molecule has 0 saturated heterocycles. The molecule has 0 heterocycles. The number of esters is 3. The molecule has 6 nitrogen and oxygen atoms in total. The molecule has 0 aromatic heterocycles. The zero-order valence-electron chi connectivity index (χ0n) is 51.2. The van der Waals surface area contributed by atoms with E-state index >= 15 is 0 Å². The second-order valence-electron chi connectivity index (χ2n) is 22.4. The number of hydrogen-bond acceptors (Lipinski definition) is 6. The molecule has 0 aromatic carbocycles. The average molecular weight is 1080 g/mol. The predicted molar refractivity (Wildman–Crippen MR) is 335 cm³/mol. The highest BCUT2D eigenvalue weighted by molar-refractivity contribution is 5.71. The van der Waals surface area contributed by atoms with Crippen molar-refractivity contribution in [3.05, 3.63) is 72.9 Å². The zero-order chi connectivity index (χ0) is 55.7. The van der Waals surface area contributed by atoms with Crippen LogP contribution in [0.25, 0.3) is 0 Å². The van der Waals surface area contributed by atoms with Gasteiger partial charge < -0.3 is 14.2 Å². The fourth-order valence-corrected chi connectivity index (χ4v) is 9.70. The summed E-state index contributed by atoms with van der Waals surface area (Å²) in [5.74, 6) is -0.884. The first-order chi connectivity index (χ1) is 38.0. The first-order valence-corrected chi connectivity index (χ1v) is 33.4. The van der Waals surface area contributed by atoms with E-state index < -0.39 is 6.10 Å². The molecule has 446 valence electrons. The largest absolute Gasteiger partial charge is 0.462 e. The third-order valence-electron chi connectivity index (χ3n) is 14.7. The fraction of sp³-hybridized carbons (Fsp3) is 0.789. The summed E-state index contributed by atoms with van der Waals surface area (Å²) < 4.78 is 17.0. The van der Waals surface area contributed by atoms with Crippen LogP contribution in [-0.2, 0) is 28.6 Å². The molecule has 0 saturated carbocycles. The maximum atomic E-state index is 12.9. The first kappa shape index (κ1) is 73.8. The van der Waals surface area contributed by atoms with Gasteiger partial charge in [-0.1, -0.05) is 306 Å². The SMILES string of the molecule is CC/C=C\C/C=C\C/C=C\C/C=C\CCCCCCCCC(=O)OC(COC(=O)CCCCCCCCC/C=C\C/C=C\CCCCC)COC(=O)CCCCCCCCCCCCCCCCCCCCCCCCC. The maximum Gasteiger partial charge on any atom is 0.306 e. The molecular weight excluding hydrogens is 949 g/mol. The standard InChI is InChI=1S/C71H126O6/c1-4-7-10-13-16-19-22-25-28-31-33-34-35-36-38-40-43-46-49-52-55-58-61-64-70(73)76-67-68(66-75-69(72)63-60-57-54-51-48-45-42-39-30-27-24-21-18-15-12-9-6-3)77-71(74)65-62-59-56-53-50-47-44-41-37-32-29-26-23-20-17-14-11-8-5-2/h8,11,17-18,20-21,26-27,29-30,37,41,68H,4-7,9-10,12-16,19,22-25,28,31-36,38-40,42-67H2,1-3H3/b11-8-,20-17-,21-18-,29-26-,30-27-,41-37-. The Morgan fingerprint density at radius 3 is 0.818 bits per heavy atom. The molecule has 77 heavy (non-hydrogen) atoms. The third kappa shape index (κ3) is 63.6. The molecule has 1 atom stereocenters.